The topological polar surface area (TPSA) is 50.4 Å². The Morgan fingerprint density at radius 3 is 2.50 bits per heavy atom. The Balaban J connectivity index is 1.73. The highest BCUT2D eigenvalue weighted by atomic mass is 35.5. The number of alkyl carbamates (subject to hydrolysis) is 1. The molecule has 124 valence electrons. The van der Waals surface area contributed by atoms with Crippen LogP contribution in [0.3, 0.4) is 0 Å². The number of hydrogen-bond donors (Lipinski definition) is 2. The van der Waals surface area contributed by atoms with E-state index >= 15 is 0 Å². The van der Waals surface area contributed by atoms with Gasteiger partial charge in [0.25, 0.3) is 0 Å². The molecule has 1 unspecified atom stereocenters. The predicted molar refractivity (Wildman–Crippen MR) is 92.1 cm³/mol. The van der Waals surface area contributed by atoms with Crippen LogP contribution in [0.15, 0.2) is 6.07 Å². The molecule has 2 rings (SSSR count). The van der Waals surface area contributed by atoms with E-state index in [-0.39, 0.29) is 18.2 Å². The van der Waals surface area contributed by atoms with Gasteiger partial charge in [-0.2, -0.15) is 0 Å². The Hall–Kier alpha value is -0.490. The van der Waals surface area contributed by atoms with E-state index in [1.807, 2.05) is 26.8 Å². The van der Waals surface area contributed by atoms with Gasteiger partial charge in [-0.05, 0) is 52.2 Å². The van der Waals surface area contributed by atoms with Crippen LogP contribution in [0, 0.1) is 0 Å². The maximum atomic E-state index is 11.7. The summed E-state index contributed by atoms with van der Waals surface area (Å²) < 4.78 is 6.68. The molecule has 1 saturated carbocycles. The van der Waals surface area contributed by atoms with Gasteiger partial charge in [0.1, 0.15) is 5.60 Å². The van der Waals surface area contributed by atoms with E-state index in [1.54, 1.807) is 0 Å². The highest BCUT2D eigenvalue weighted by molar-refractivity contribution is 7.20. The molecule has 0 saturated heterocycles. The van der Waals surface area contributed by atoms with Crippen LogP contribution in [-0.2, 0) is 4.74 Å². The third-order valence-electron chi connectivity index (χ3n) is 3.49. The Labute approximate surface area is 145 Å². The number of halogens is 2. The van der Waals surface area contributed by atoms with Crippen molar-refractivity contribution in [2.75, 3.05) is 0 Å². The molecule has 7 heteroatoms. The molecule has 2 N–H and O–H groups in total. The number of nitrogens with one attached hydrogen (secondary N) is 2. The van der Waals surface area contributed by atoms with Crippen molar-refractivity contribution in [3.8, 4) is 0 Å². The average molecular weight is 365 g/mol. The second kappa shape index (κ2) is 6.95. The van der Waals surface area contributed by atoms with Gasteiger partial charge in [0.2, 0.25) is 0 Å². The highest BCUT2D eigenvalue weighted by Gasteiger charge is 2.32. The number of carbonyl (C=O) groups is 1. The summed E-state index contributed by atoms with van der Waals surface area (Å²) >= 11 is 13.5. The first-order valence-corrected chi connectivity index (χ1v) is 8.91. The molecular weight excluding hydrogens is 343 g/mol. The Morgan fingerprint density at radius 2 is 2.00 bits per heavy atom. The van der Waals surface area contributed by atoms with Crippen molar-refractivity contribution in [3.05, 3.63) is 20.3 Å². The summed E-state index contributed by atoms with van der Waals surface area (Å²) in [5, 5.41) is 6.39. The van der Waals surface area contributed by atoms with Crippen molar-refractivity contribution in [3.63, 3.8) is 0 Å². The third kappa shape index (κ3) is 5.01. The summed E-state index contributed by atoms with van der Waals surface area (Å²) in [5.74, 6) is 0. The van der Waals surface area contributed by atoms with Crippen LogP contribution in [0.25, 0.3) is 0 Å². The van der Waals surface area contributed by atoms with E-state index in [1.165, 1.54) is 11.3 Å². The largest absolute Gasteiger partial charge is 0.444 e. The van der Waals surface area contributed by atoms with Crippen molar-refractivity contribution in [2.24, 2.45) is 0 Å². The van der Waals surface area contributed by atoms with Gasteiger partial charge in [-0.15, -0.1) is 11.3 Å². The van der Waals surface area contributed by atoms with Gasteiger partial charge in [-0.1, -0.05) is 23.2 Å². The van der Waals surface area contributed by atoms with Crippen LogP contribution in [0.2, 0.25) is 8.67 Å². The van der Waals surface area contributed by atoms with E-state index in [9.17, 15) is 4.79 Å². The van der Waals surface area contributed by atoms with Crippen molar-refractivity contribution < 1.29 is 9.53 Å². The fourth-order valence-electron chi connectivity index (χ4n) is 2.44. The first-order valence-electron chi connectivity index (χ1n) is 7.34. The highest BCUT2D eigenvalue weighted by Crippen LogP contribution is 2.35. The second-order valence-corrected chi connectivity index (χ2v) is 8.96. The van der Waals surface area contributed by atoms with Gasteiger partial charge in [0.15, 0.2) is 0 Å². The minimum atomic E-state index is -0.463. The molecule has 4 nitrogen and oxygen atoms in total. The number of hydrogen-bond acceptors (Lipinski definition) is 4. The molecule has 0 aromatic carbocycles. The van der Waals surface area contributed by atoms with Crippen LogP contribution in [0.4, 0.5) is 4.79 Å². The van der Waals surface area contributed by atoms with E-state index in [4.69, 9.17) is 27.9 Å². The van der Waals surface area contributed by atoms with Gasteiger partial charge >= 0.3 is 6.09 Å². The maximum absolute atomic E-state index is 11.7. The lowest BCUT2D eigenvalue weighted by molar-refractivity contribution is 0.0463. The fourth-order valence-corrected chi connectivity index (χ4v) is 4.08. The maximum Gasteiger partial charge on any atom is 0.407 e. The first kappa shape index (κ1) is 17.9. The molecule has 0 radical (unpaired) electrons. The van der Waals surface area contributed by atoms with Crippen LogP contribution in [0.5, 0.6) is 0 Å². The Bertz CT molecular complexity index is 536. The molecule has 1 fully saturated rings. The van der Waals surface area contributed by atoms with Crippen molar-refractivity contribution >= 4 is 40.6 Å². The Kier molecular flexibility index (Phi) is 5.64. The number of thiophene rings is 1. The lowest BCUT2D eigenvalue weighted by Gasteiger charge is -2.38. The molecule has 1 amide bonds. The van der Waals surface area contributed by atoms with Gasteiger partial charge in [0, 0.05) is 18.1 Å². The lowest BCUT2D eigenvalue weighted by Crippen LogP contribution is -2.53. The SMILES string of the molecule is CC(NC1CC(NC(=O)OC(C)(C)C)C1)c1cc(Cl)sc1Cl. The zero-order chi connectivity index (χ0) is 16.5. The monoisotopic (exact) mass is 364 g/mol. The molecule has 0 bridgehead atoms. The zero-order valence-corrected chi connectivity index (χ0v) is 15.5. The normalized spacial score (nSPS) is 22.8. The summed E-state index contributed by atoms with van der Waals surface area (Å²) in [4.78, 5) is 11.7. The summed E-state index contributed by atoms with van der Waals surface area (Å²) in [6.45, 7) is 7.64. The lowest BCUT2D eigenvalue weighted by atomic mass is 9.86. The Morgan fingerprint density at radius 1 is 1.36 bits per heavy atom. The van der Waals surface area contributed by atoms with Crippen LogP contribution in [0.1, 0.15) is 52.1 Å². The van der Waals surface area contributed by atoms with Gasteiger partial charge in [-0.25, -0.2) is 4.79 Å². The van der Waals surface area contributed by atoms with E-state index in [2.05, 4.69) is 17.6 Å². The number of amides is 1. The van der Waals surface area contributed by atoms with Crippen LogP contribution >= 0.6 is 34.5 Å². The molecule has 1 aromatic heterocycles. The molecule has 1 atom stereocenters. The quantitative estimate of drug-likeness (QED) is 0.809. The minimum absolute atomic E-state index is 0.142. The summed E-state index contributed by atoms with van der Waals surface area (Å²) in [6.07, 6.45) is 1.43. The van der Waals surface area contributed by atoms with E-state index in [0.717, 1.165) is 22.7 Å². The summed E-state index contributed by atoms with van der Waals surface area (Å²) in [5.41, 5.74) is 0.565. The van der Waals surface area contributed by atoms with Crippen molar-refractivity contribution in [1.29, 1.82) is 0 Å². The number of carbonyl (C=O) groups excluding carboxylic acids is 1. The van der Waals surface area contributed by atoms with Gasteiger partial charge < -0.3 is 15.4 Å². The second-order valence-electron chi connectivity index (χ2n) is 6.68. The van der Waals surface area contributed by atoms with E-state index in [0.29, 0.717) is 10.4 Å². The summed E-state index contributed by atoms with van der Waals surface area (Å²) in [6, 6.07) is 2.58. The zero-order valence-electron chi connectivity index (χ0n) is 13.2. The van der Waals surface area contributed by atoms with Crippen LogP contribution in [-0.4, -0.2) is 23.8 Å². The first-order chi connectivity index (χ1) is 10.1. The van der Waals surface area contributed by atoms with Crippen LogP contribution < -0.4 is 10.6 Å². The molecule has 1 aliphatic carbocycles. The molecule has 0 aliphatic heterocycles. The number of rotatable bonds is 4. The third-order valence-corrected chi connectivity index (χ3v) is 5.01. The molecule has 1 aliphatic rings. The molecule has 1 heterocycles. The fraction of sp³-hybridized carbons (Fsp3) is 0.667. The minimum Gasteiger partial charge on any atom is -0.444 e. The average Bonchev–Trinajstić information content (AvgIpc) is 2.63. The smallest absolute Gasteiger partial charge is 0.407 e. The van der Waals surface area contributed by atoms with Gasteiger partial charge in [-0.3, -0.25) is 0 Å². The standard InChI is InChI=1S/C15H22Cl2N2O2S/c1-8(11-7-12(16)22-13(11)17)18-9-5-10(6-9)19-14(20)21-15(2,3)4/h7-10,18H,5-6H2,1-4H3,(H,19,20). The van der Waals surface area contributed by atoms with Crippen molar-refractivity contribution in [2.45, 2.75) is 64.3 Å². The van der Waals surface area contributed by atoms with E-state index < -0.39 is 5.60 Å². The molecule has 22 heavy (non-hydrogen) atoms. The predicted octanol–water partition coefficient (Wildman–Crippen LogP) is 4.76. The molecule has 1 aromatic rings. The molecular formula is C15H22Cl2N2O2S. The van der Waals surface area contributed by atoms with Gasteiger partial charge in [0.05, 0.1) is 8.67 Å². The molecule has 0 spiro atoms. The summed E-state index contributed by atoms with van der Waals surface area (Å²) in [7, 11) is 0. The number of ether oxygens (including phenoxy) is 1. The van der Waals surface area contributed by atoms with Crippen molar-refractivity contribution in [1.82, 2.24) is 10.6 Å².